The van der Waals surface area contributed by atoms with Gasteiger partial charge in [-0.25, -0.2) is 4.39 Å². The lowest BCUT2D eigenvalue weighted by Gasteiger charge is -2.08. The highest BCUT2D eigenvalue weighted by Crippen LogP contribution is 2.19. The summed E-state index contributed by atoms with van der Waals surface area (Å²) in [5.74, 6) is -0.610. The Labute approximate surface area is 128 Å². The number of halogens is 2. The van der Waals surface area contributed by atoms with Crippen molar-refractivity contribution in [3.63, 3.8) is 0 Å². The number of aromatic nitrogens is 2. The van der Waals surface area contributed by atoms with Gasteiger partial charge in [0.15, 0.2) is 0 Å². The summed E-state index contributed by atoms with van der Waals surface area (Å²) >= 11 is 3.02. The van der Waals surface area contributed by atoms with Crippen molar-refractivity contribution in [1.82, 2.24) is 9.97 Å². The summed E-state index contributed by atoms with van der Waals surface area (Å²) in [6, 6.07) is 5.49. The monoisotopic (exact) mass is 355 g/mol. The van der Waals surface area contributed by atoms with Crippen molar-refractivity contribution in [1.29, 1.82) is 0 Å². The third-order valence-corrected chi connectivity index (χ3v) is 3.15. The highest BCUT2D eigenvalue weighted by atomic mass is 79.9. The SMILES string of the molecule is COc1cc(OC)nc(NC(=O)c2ccc(Br)c(F)c2)n1. The van der Waals surface area contributed by atoms with E-state index in [-0.39, 0.29) is 27.7 Å². The number of ether oxygens (including phenoxy) is 2. The summed E-state index contributed by atoms with van der Waals surface area (Å²) < 4.78 is 23.6. The summed E-state index contributed by atoms with van der Waals surface area (Å²) in [5.41, 5.74) is 0.140. The molecule has 0 aliphatic heterocycles. The van der Waals surface area contributed by atoms with Crippen LogP contribution >= 0.6 is 15.9 Å². The molecule has 1 amide bonds. The zero-order valence-corrected chi connectivity index (χ0v) is 12.8. The minimum Gasteiger partial charge on any atom is -0.481 e. The van der Waals surface area contributed by atoms with Gasteiger partial charge in [0.05, 0.1) is 24.8 Å². The third-order valence-electron chi connectivity index (χ3n) is 2.50. The van der Waals surface area contributed by atoms with Crippen molar-refractivity contribution >= 4 is 27.8 Å². The molecule has 0 saturated heterocycles. The first-order chi connectivity index (χ1) is 10.0. The highest BCUT2D eigenvalue weighted by Gasteiger charge is 2.12. The van der Waals surface area contributed by atoms with Gasteiger partial charge < -0.3 is 9.47 Å². The minimum atomic E-state index is -0.545. The van der Waals surface area contributed by atoms with E-state index in [4.69, 9.17) is 9.47 Å². The van der Waals surface area contributed by atoms with E-state index >= 15 is 0 Å². The molecule has 0 saturated carbocycles. The summed E-state index contributed by atoms with van der Waals surface area (Å²) in [4.78, 5) is 19.9. The second-order valence-corrected chi connectivity index (χ2v) is 4.71. The maximum atomic E-state index is 13.4. The topological polar surface area (TPSA) is 73.3 Å². The molecule has 1 aromatic carbocycles. The fraction of sp³-hybridized carbons (Fsp3) is 0.154. The zero-order chi connectivity index (χ0) is 15.4. The van der Waals surface area contributed by atoms with Crippen LogP contribution in [0, 0.1) is 5.82 Å². The van der Waals surface area contributed by atoms with Gasteiger partial charge in [-0.1, -0.05) is 0 Å². The van der Waals surface area contributed by atoms with Crippen molar-refractivity contribution in [2.45, 2.75) is 0 Å². The van der Waals surface area contributed by atoms with Gasteiger partial charge in [0.25, 0.3) is 5.91 Å². The van der Waals surface area contributed by atoms with Crippen LogP contribution in [0.3, 0.4) is 0 Å². The Balaban J connectivity index is 2.24. The summed E-state index contributed by atoms with van der Waals surface area (Å²) in [6.07, 6.45) is 0. The maximum absolute atomic E-state index is 13.4. The van der Waals surface area contributed by atoms with Gasteiger partial charge in [-0.05, 0) is 34.1 Å². The molecule has 8 heteroatoms. The van der Waals surface area contributed by atoms with E-state index in [2.05, 4.69) is 31.2 Å². The molecule has 0 bridgehead atoms. The predicted molar refractivity (Wildman–Crippen MR) is 77.2 cm³/mol. The lowest BCUT2D eigenvalue weighted by atomic mass is 10.2. The lowest BCUT2D eigenvalue weighted by Crippen LogP contribution is -2.15. The molecule has 110 valence electrons. The number of methoxy groups -OCH3 is 2. The molecule has 0 aliphatic rings. The fourth-order valence-corrected chi connectivity index (χ4v) is 1.73. The average molecular weight is 356 g/mol. The van der Waals surface area contributed by atoms with Gasteiger partial charge in [0.1, 0.15) is 5.82 Å². The molecule has 0 fully saturated rings. The van der Waals surface area contributed by atoms with Gasteiger partial charge >= 0.3 is 0 Å². The molecule has 2 aromatic rings. The number of hydrogen-bond acceptors (Lipinski definition) is 5. The molecule has 0 atom stereocenters. The van der Waals surface area contributed by atoms with Crippen LogP contribution in [0.15, 0.2) is 28.7 Å². The summed E-state index contributed by atoms with van der Waals surface area (Å²) in [7, 11) is 2.86. The molecule has 0 radical (unpaired) electrons. The van der Waals surface area contributed by atoms with Gasteiger partial charge in [-0.2, -0.15) is 9.97 Å². The average Bonchev–Trinajstić information content (AvgIpc) is 2.49. The van der Waals surface area contributed by atoms with Crippen LogP contribution in [0.25, 0.3) is 0 Å². The van der Waals surface area contributed by atoms with E-state index in [9.17, 15) is 9.18 Å². The number of carbonyl (C=O) groups excluding carboxylic acids is 1. The van der Waals surface area contributed by atoms with Crippen molar-refractivity contribution in [3.05, 3.63) is 40.1 Å². The molecule has 0 spiro atoms. The van der Waals surface area contributed by atoms with Crippen molar-refractivity contribution in [2.24, 2.45) is 0 Å². The lowest BCUT2D eigenvalue weighted by molar-refractivity contribution is 0.102. The van der Waals surface area contributed by atoms with Crippen LogP contribution in [0.4, 0.5) is 10.3 Å². The number of amides is 1. The highest BCUT2D eigenvalue weighted by molar-refractivity contribution is 9.10. The number of carbonyl (C=O) groups is 1. The van der Waals surface area contributed by atoms with Gasteiger partial charge in [-0.3, -0.25) is 10.1 Å². The first-order valence-corrected chi connectivity index (χ1v) is 6.56. The quantitative estimate of drug-likeness (QED) is 0.912. The van der Waals surface area contributed by atoms with E-state index < -0.39 is 11.7 Å². The van der Waals surface area contributed by atoms with Crippen LogP contribution in [0.2, 0.25) is 0 Å². The molecule has 2 rings (SSSR count). The Kier molecular flexibility index (Phi) is 4.69. The van der Waals surface area contributed by atoms with E-state index in [0.717, 1.165) is 6.07 Å². The summed E-state index contributed by atoms with van der Waals surface area (Å²) in [6.45, 7) is 0. The van der Waals surface area contributed by atoms with Crippen LogP contribution < -0.4 is 14.8 Å². The van der Waals surface area contributed by atoms with E-state index in [0.29, 0.717) is 0 Å². The Morgan fingerprint density at radius 1 is 1.19 bits per heavy atom. The number of nitrogens with zero attached hydrogens (tertiary/aromatic N) is 2. The number of nitrogens with one attached hydrogen (secondary N) is 1. The van der Waals surface area contributed by atoms with Gasteiger partial charge in [0.2, 0.25) is 17.7 Å². The smallest absolute Gasteiger partial charge is 0.258 e. The van der Waals surface area contributed by atoms with E-state index in [1.54, 1.807) is 0 Å². The van der Waals surface area contributed by atoms with Gasteiger partial charge in [-0.15, -0.1) is 0 Å². The number of anilines is 1. The normalized spacial score (nSPS) is 10.1. The molecule has 1 N–H and O–H groups in total. The van der Waals surface area contributed by atoms with Crippen LogP contribution in [-0.2, 0) is 0 Å². The first-order valence-electron chi connectivity index (χ1n) is 5.77. The van der Waals surface area contributed by atoms with Crippen LogP contribution in [0.5, 0.6) is 11.8 Å². The fourth-order valence-electron chi connectivity index (χ4n) is 1.48. The standard InChI is InChI=1S/C13H11BrFN3O3/c1-20-10-6-11(21-2)17-13(16-10)18-12(19)7-3-4-8(14)9(15)5-7/h3-6H,1-2H3,(H,16,17,18,19). The Bertz CT molecular complexity index is 659. The van der Waals surface area contributed by atoms with Gasteiger partial charge in [0, 0.05) is 5.56 Å². The molecule has 1 heterocycles. The number of rotatable bonds is 4. The first kappa shape index (κ1) is 15.2. The second kappa shape index (κ2) is 6.49. The van der Waals surface area contributed by atoms with Crippen molar-refractivity contribution in [3.8, 4) is 11.8 Å². The number of benzene rings is 1. The Morgan fingerprint density at radius 3 is 2.33 bits per heavy atom. The molecule has 1 aromatic heterocycles. The summed E-state index contributed by atoms with van der Waals surface area (Å²) in [5, 5.41) is 2.45. The van der Waals surface area contributed by atoms with E-state index in [1.807, 2.05) is 0 Å². The van der Waals surface area contributed by atoms with Crippen molar-refractivity contribution in [2.75, 3.05) is 19.5 Å². The van der Waals surface area contributed by atoms with Crippen LogP contribution in [0.1, 0.15) is 10.4 Å². The van der Waals surface area contributed by atoms with Crippen molar-refractivity contribution < 1.29 is 18.7 Å². The van der Waals surface area contributed by atoms with E-state index in [1.165, 1.54) is 32.4 Å². The molecular weight excluding hydrogens is 345 g/mol. The largest absolute Gasteiger partial charge is 0.481 e. The molecule has 21 heavy (non-hydrogen) atoms. The predicted octanol–water partition coefficient (Wildman–Crippen LogP) is 2.65. The second-order valence-electron chi connectivity index (χ2n) is 3.86. The molecule has 6 nitrogen and oxygen atoms in total. The molecule has 0 aliphatic carbocycles. The Morgan fingerprint density at radius 2 is 1.81 bits per heavy atom. The number of hydrogen-bond donors (Lipinski definition) is 1. The molecule has 0 unspecified atom stereocenters. The molecular formula is C13H11BrFN3O3. The Hall–Kier alpha value is -2.22. The third kappa shape index (κ3) is 3.66. The van der Waals surface area contributed by atoms with Crippen LogP contribution in [-0.4, -0.2) is 30.1 Å². The minimum absolute atomic E-state index is 0.000438. The zero-order valence-electron chi connectivity index (χ0n) is 11.2. The maximum Gasteiger partial charge on any atom is 0.258 e.